The van der Waals surface area contributed by atoms with Crippen molar-refractivity contribution in [2.45, 2.75) is 361 Å². The van der Waals surface area contributed by atoms with Gasteiger partial charge in [-0.3, -0.25) is 14.4 Å². The van der Waals surface area contributed by atoms with Crippen molar-refractivity contribution < 1.29 is 28.6 Å². The third kappa shape index (κ3) is 63.8. The normalized spacial score (nSPS) is 12.4. The van der Waals surface area contributed by atoms with Gasteiger partial charge in [0, 0.05) is 19.3 Å². The molecule has 0 rings (SSSR count). The van der Waals surface area contributed by atoms with E-state index in [1.165, 1.54) is 225 Å². The van der Waals surface area contributed by atoms with Crippen LogP contribution in [-0.2, 0) is 28.6 Å². The summed E-state index contributed by atoms with van der Waals surface area (Å²) in [5, 5.41) is 0. The second-order valence-electron chi connectivity index (χ2n) is 22.7. The molecule has 0 bridgehead atoms. The van der Waals surface area contributed by atoms with Gasteiger partial charge in [0.2, 0.25) is 0 Å². The lowest BCUT2D eigenvalue weighted by Gasteiger charge is -2.18. The Bertz CT molecular complexity index is 1380. The van der Waals surface area contributed by atoms with Crippen molar-refractivity contribution in [3.05, 3.63) is 60.8 Å². The van der Waals surface area contributed by atoms with E-state index in [1.807, 2.05) is 0 Å². The van der Waals surface area contributed by atoms with Crippen LogP contribution in [0.25, 0.3) is 0 Å². The van der Waals surface area contributed by atoms with Crippen LogP contribution in [0.15, 0.2) is 60.8 Å². The summed E-state index contributed by atoms with van der Waals surface area (Å²) in [6, 6.07) is 0. The molecule has 0 N–H and O–H groups in total. The molecule has 0 saturated heterocycles. The number of carbonyl (C=O) groups is 3. The number of rotatable bonds is 62. The van der Waals surface area contributed by atoms with E-state index in [4.69, 9.17) is 14.2 Å². The summed E-state index contributed by atoms with van der Waals surface area (Å²) >= 11 is 0. The topological polar surface area (TPSA) is 78.9 Å². The summed E-state index contributed by atoms with van der Waals surface area (Å²) in [5.74, 6) is -0.846. The van der Waals surface area contributed by atoms with Crippen LogP contribution < -0.4 is 0 Å². The summed E-state index contributed by atoms with van der Waals surface area (Å²) in [6.45, 7) is 6.58. The first-order valence-corrected chi connectivity index (χ1v) is 33.8. The average Bonchev–Trinajstić information content (AvgIpc) is 3.43. The largest absolute Gasteiger partial charge is 0.462 e. The molecule has 1 unspecified atom stereocenters. The zero-order valence-electron chi connectivity index (χ0n) is 51.5. The number of esters is 3. The van der Waals surface area contributed by atoms with E-state index in [1.54, 1.807) is 0 Å². The minimum absolute atomic E-state index is 0.0680. The molecule has 0 fully saturated rings. The van der Waals surface area contributed by atoms with Crippen molar-refractivity contribution in [1.29, 1.82) is 0 Å². The molecule has 0 aromatic heterocycles. The minimum Gasteiger partial charge on any atom is -0.462 e. The Balaban J connectivity index is 4.18. The summed E-state index contributed by atoms with van der Waals surface area (Å²) < 4.78 is 16.9. The maximum Gasteiger partial charge on any atom is 0.306 e. The number of hydrogen-bond donors (Lipinski definition) is 0. The third-order valence-electron chi connectivity index (χ3n) is 15.0. The Kier molecular flexibility index (Phi) is 63.2. The zero-order valence-corrected chi connectivity index (χ0v) is 51.5. The fourth-order valence-corrected chi connectivity index (χ4v) is 10.0. The second kappa shape index (κ2) is 65.6. The third-order valence-corrected chi connectivity index (χ3v) is 15.0. The number of carbonyl (C=O) groups excluding carboxylic acids is 3. The molecule has 6 heteroatoms. The van der Waals surface area contributed by atoms with Crippen LogP contribution in [0.3, 0.4) is 0 Å². The van der Waals surface area contributed by atoms with Crippen LogP contribution in [0, 0.1) is 0 Å². The molecular weight excluding hydrogens is 949 g/mol. The molecule has 0 aliphatic carbocycles. The predicted molar refractivity (Wildman–Crippen MR) is 335 cm³/mol. The van der Waals surface area contributed by atoms with Crippen LogP contribution in [-0.4, -0.2) is 37.2 Å². The van der Waals surface area contributed by atoms with Gasteiger partial charge < -0.3 is 14.2 Å². The van der Waals surface area contributed by atoms with E-state index in [2.05, 4.69) is 81.5 Å². The molecule has 0 aliphatic rings. The summed E-state index contributed by atoms with van der Waals surface area (Å²) in [6.07, 6.45) is 83.8. The first kappa shape index (κ1) is 74.1. The van der Waals surface area contributed by atoms with E-state index in [0.717, 1.165) is 89.9 Å². The summed E-state index contributed by atoms with van der Waals surface area (Å²) in [5.41, 5.74) is 0. The SMILES string of the molecule is CC/C=C\C/C=C\C/C=C\C/C=C\C/C=C\CCCCCCCCCCCCCCCC(=O)OCC(COC(=O)CCCCCCCCCCCCC)OC(=O)CCCCCCCCCCCCCCCCCCCCC. The van der Waals surface area contributed by atoms with Gasteiger partial charge in [-0.1, -0.05) is 332 Å². The molecule has 0 aliphatic heterocycles. The molecule has 0 spiro atoms. The highest BCUT2D eigenvalue weighted by atomic mass is 16.6. The average molecular weight is 1080 g/mol. The number of unbranched alkanes of at least 4 members (excludes halogenated alkanes) is 41. The summed E-state index contributed by atoms with van der Waals surface area (Å²) in [7, 11) is 0. The Labute approximate surface area is 479 Å². The second-order valence-corrected chi connectivity index (χ2v) is 22.7. The van der Waals surface area contributed by atoms with Crippen molar-refractivity contribution in [3.63, 3.8) is 0 Å². The van der Waals surface area contributed by atoms with Crippen LogP contribution >= 0.6 is 0 Å². The van der Waals surface area contributed by atoms with Crippen molar-refractivity contribution in [3.8, 4) is 0 Å². The Morgan fingerprint density at radius 2 is 0.506 bits per heavy atom. The molecular formula is C71H128O6. The lowest BCUT2D eigenvalue weighted by Crippen LogP contribution is -2.30. The van der Waals surface area contributed by atoms with Crippen molar-refractivity contribution >= 4 is 17.9 Å². The van der Waals surface area contributed by atoms with Crippen molar-refractivity contribution in [2.24, 2.45) is 0 Å². The number of ether oxygens (including phenoxy) is 3. The van der Waals surface area contributed by atoms with Gasteiger partial charge in [-0.15, -0.1) is 0 Å². The fraction of sp³-hybridized carbons (Fsp3) is 0.817. The monoisotopic (exact) mass is 1080 g/mol. The molecule has 0 saturated carbocycles. The fourth-order valence-electron chi connectivity index (χ4n) is 10.0. The molecule has 0 heterocycles. The van der Waals surface area contributed by atoms with Gasteiger partial charge in [-0.05, 0) is 64.2 Å². The van der Waals surface area contributed by atoms with E-state index in [9.17, 15) is 14.4 Å². The molecule has 77 heavy (non-hydrogen) atoms. The van der Waals surface area contributed by atoms with Crippen LogP contribution in [0.4, 0.5) is 0 Å². The molecule has 0 aromatic rings. The predicted octanol–water partition coefficient (Wildman–Crippen LogP) is 23.1. The van der Waals surface area contributed by atoms with Crippen LogP contribution in [0.2, 0.25) is 0 Å². The quantitative estimate of drug-likeness (QED) is 0.0261. The molecule has 1 atom stereocenters. The highest BCUT2D eigenvalue weighted by Gasteiger charge is 2.19. The molecule has 0 amide bonds. The van der Waals surface area contributed by atoms with E-state index < -0.39 is 6.10 Å². The Morgan fingerprint density at radius 1 is 0.273 bits per heavy atom. The van der Waals surface area contributed by atoms with Gasteiger partial charge in [0.05, 0.1) is 0 Å². The molecule has 0 radical (unpaired) electrons. The van der Waals surface area contributed by atoms with E-state index in [-0.39, 0.29) is 31.1 Å². The first-order valence-electron chi connectivity index (χ1n) is 33.8. The maximum absolute atomic E-state index is 12.9. The Hall–Kier alpha value is -2.89. The number of hydrogen-bond acceptors (Lipinski definition) is 6. The maximum atomic E-state index is 12.9. The van der Waals surface area contributed by atoms with Crippen molar-refractivity contribution in [1.82, 2.24) is 0 Å². The standard InChI is InChI=1S/C71H128O6/c1-4-7-10-13-16-19-22-24-26-28-30-31-32-33-34-35-36-37-38-39-41-42-44-46-49-52-55-58-61-64-70(73)76-67-68(66-75-69(72)63-60-57-54-51-48-21-18-15-12-9-6-3)77-71(74)65-62-59-56-53-50-47-45-43-40-29-27-25-23-20-17-14-11-8-5-2/h7,10,16,19,24,26,30-31,33-34,68H,4-6,8-9,11-15,17-18,20-23,25,27-29,32,35-67H2,1-3H3/b10-7-,19-16-,26-24-,31-30-,34-33-. The van der Waals surface area contributed by atoms with Gasteiger partial charge in [-0.2, -0.15) is 0 Å². The lowest BCUT2D eigenvalue weighted by atomic mass is 10.0. The molecule has 0 aromatic carbocycles. The van der Waals surface area contributed by atoms with Crippen molar-refractivity contribution in [2.75, 3.05) is 13.2 Å². The summed E-state index contributed by atoms with van der Waals surface area (Å²) in [4.78, 5) is 38.3. The van der Waals surface area contributed by atoms with E-state index >= 15 is 0 Å². The van der Waals surface area contributed by atoms with Crippen LogP contribution in [0.1, 0.15) is 355 Å². The van der Waals surface area contributed by atoms with Gasteiger partial charge in [0.15, 0.2) is 6.10 Å². The van der Waals surface area contributed by atoms with Gasteiger partial charge >= 0.3 is 17.9 Å². The first-order chi connectivity index (χ1) is 38.0. The van der Waals surface area contributed by atoms with Gasteiger partial charge in [-0.25, -0.2) is 0 Å². The smallest absolute Gasteiger partial charge is 0.306 e. The number of allylic oxidation sites excluding steroid dienone is 10. The highest BCUT2D eigenvalue weighted by molar-refractivity contribution is 5.71. The zero-order chi connectivity index (χ0) is 55.7. The van der Waals surface area contributed by atoms with Gasteiger partial charge in [0.25, 0.3) is 0 Å². The molecule has 448 valence electrons. The minimum atomic E-state index is -0.770. The molecule has 6 nitrogen and oxygen atoms in total. The lowest BCUT2D eigenvalue weighted by molar-refractivity contribution is -0.167. The van der Waals surface area contributed by atoms with E-state index in [0.29, 0.717) is 19.3 Å². The highest BCUT2D eigenvalue weighted by Crippen LogP contribution is 2.18. The Morgan fingerprint density at radius 3 is 0.792 bits per heavy atom. The van der Waals surface area contributed by atoms with Crippen LogP contribution in [0.5, 0.6) is 0 Å². The van der Waals surface area contributed by atoms with Gasteiger partial charge in [0.1, 0.15) is 13.2 Å².